The van der Waals surface area contributed by atoms with Crippen LogP contribution >= 0.6 is 0 Å². The molecule has 3 N–H and O–H groups in total. The molecule has 0 saturated carbocycles. The fourth-order valence-electron chi connectivity index (χ4n) is 4.05. The molecule has 1 aromatic heterocycles. The van der Waals surface area contributed by atoms with Crippen molar-refractivity contribution in [3.05, 3.63) is 81.3 Å². The van der Waals surface area contributed by atoms with Gasteiger partial charge < -0.3 is 25.0 Å². The highest BCUT2D eigenvalue weighted by Gasteiger charge is 2.22. The largest absolute Gasteiger partial charge is 0.505 e. The van der Waals surface area contributed by atoms with Crippen molar-refractivity contribution in [2.75, 3.05) is 11.9 Å². The van der Waals surface area contributed by atoms with Crippen LogP contribution in [0.25, 0.3) is 11.1 Å². The second kappa shape index (κ2) is 10.9. The SMILES string of the molecule is CCOC(=O)C[C@H](NC(=O)Nc1c(O)ccn(C)c1=O)c1ccc(C)c(-c2c(C)cccc2C)c1. The van der Waals surface area contributed by atoms with Gasteiger partial charge >= 0.3 is 12.0 Å². The molecule has 0 unspecified atom stereocenters. The number of aromatic nitrogens is 1. The molecule has 0 bridgehead atoms. The predicted molar refractivity (Wildman–Crippen MR) is 136 cm³/mol. The van der Waals surface area contributed by atoms with Gasteiger partial charge in [0.15, 0.2) is 5.69 Å². The van der Waals surface area contributed by atoms with Crippen LogP contribution in [0.3, 0.4) is 0 Å². The number of aryl methyl sites for hydroxylation is 4. The third-order valence-electron chi connectivity index (χ3n) is 5.88. The molecule has 1 heterocycles. The Morgan fingerprint density at radius 2 is 1.74 bits per heavy atom. The Labute approximate surface area is 204 Å². The van der Waals surface area contributed by atoms with Gasteiger partial charge in [-0.15, -0.1) is 0 Å². The van der Waals surface area contributed by atoms with Gasteiger partial charge in [-0.3, -0.25) is 9.59 Å². The molecule has 0 aliphatic heterocycles. The summed E-state index contributed by atoms with van der Waals surface area (Å²) < 4.78 is 6.36. The van der Waals surface area contributed by atoms with Crippen molar-refractivity contribution in [3.8, 4) is 16.9 Å². The van der Waals surface area contributed by atoms with Crippen LogP contribution < -0.4 is 16.2 Å². The number of aromatic hydroxyl groups is 1. The molecule has 8 nitrogen and oxygen atoms in total. The molecule has 0 radical (unpaired) electrons. The molecule has 184 valence electrons. The number of amides is 2. The number of carbonyl (C=O) groups is 2. The molecular weight excluding hydrogens is 446 g/mol. The van der Waals surface area contributed by atoms with Crippen LogP contribution in [0.1, 0.15) is 41.6 Å². The zero-order valence-electron chi connectivity index (χ0n) is 20.6. The Kier molecular flexibility index (Phi) is 7.96. The quantitative estimate of drug-likeness (QED) is 0.434. The van der Waals surface area contributed by atoms with Crippen LogP contribution in [0, 0.1) is 20.8 Å². The van der Waals surface area contributed by atoms with Crippen LogP contribution in [0.4, 0.5) is 10.5 Å². The lowest BCUT2D eigenvalue weighted by Gasteiger charge is -2.21. The molecule has 0 aliphatic rings. The maximum Gasteiger partial charge on any atom is 0.319 e. The lowest BCUT2D eigenvalue weighted by molar-refractivity contribution is -0.143. The third kappa shape index (κ3) is 5.90. The number of pyridine rings is 1. The lowest BCUT2D eigenvalue weighted by Crippen LogP contribution is -2.36. The molecule has 2 aromatic carbocycles. The summed E-state index contributed by atoms with van der Waals surface area (Å²) in [5.41, 5.74) is 5.30. The van der Waals surface area contributed by atoms with Crippen molar-refractivity contribution in [3.63, 3.8) is 0 Å². The van der Waals surface area contributed by atoms with E-state index in [0.717, 1.165) is 27.8 Å². The molecule has 1 atom stereocenters. The van der Waals surface area contributed by atoms with Crippen molar-refractivity contribution >= 4 is 17.7 Å². The molecule has 8 heteroatoms. The number of nitrogens with one attached hydrogen (secondary N) is 2. The first-order chi connectivity index (χ1) is 16.6. The molecule has 0 fully saturated rings. The topological polar surface area (TPSA) is 110 Å². The number of hydrogen-bond donors (Lipinski definition) is 3. The first kappa shape index (κ1) is 25.6. The average molecular weight is 478 g/mol. The number of esters is 1. The Hall–Kier alpha value is -4.07. The van der Waals surface area contributed by atoms with Gasteiger partial charge in [-0.05, 0) is 73.2 Å². The lowest BCUT2D eigenvalue weighted by atomic mass is 9.90. The summed E-state index contributed by atoms with van der Waals surface area (Å²) in [4.78, 5) is 37.5. The Bertz CT molecular complexity index is 1290. The van der Waals surface area contributed by atoms with E-state index in [1.807, 2.05) is 57.2 Å². The maximum atomic E-state index is 12.8. The number of benzene rings is 2. The van der Waals surface area contributed by atoms with E-state index in [2.05, 4.69) is 10.6 Å². The van der Waals surface area contributed by atoms with Crippen molar-refractivity contribution in [1.82, 2.24) is 9.88 Å². The fraction of sp³-hybridized carbons (Fsp3) is 0.296. The van der Waals surface area contributed by atoms with E-state index in [-0.39, 0.29) is 24.5 Å². The predicted octanol–water partition coefficient (Wildman–Crippen LogP) is 4.50. The van der Waals surface area contributed by atoms with Crippen LogP contribution in [0.15, 0.2) is 53.5 Å². The first-order valence-corrected chi connectivity index (χ1v) is 11.4. The summed E-state index contributed by atoms with van der Waals surface area (Å²) in [5.74, 6) is -0.816. The zero-order valence-corrected chi connectivity index (χ0v) is 20.6. The van der Waals surface area contributed by atoms with Gasteiger partial charge in [0.2, 0.25) is 0 Å². The first-order valence-electron chi connectivity index (χ1n) is 11.4. The molecule has 0 spiro atoms. The average Bonchev–Trinajstić information content (AvgIpc) is 2.80. The van der Waals surface area contributed by atoms with E-state index in [0.29, 0.717) is 5.56 Å². The number of nitrogens with zero attached hydrogens (tertiary/aromatic N) is 1. The molecule has 2 amide bonds. The Morgan fingerprint density at radius 3 is 2.40 bits per heavy atom. The Balaban J connectivity index is 1.97. The van der Waals surface area contributed by atoms with E-state index in [1.165, 1.54) is 23.9 Å². The van der Waals surface area contributed by atoms with E-state index in [9.17, 15) is 19.5 Å². The van der Waals surface area contributed by atoms with Gasteiger partial charge in [-0.1, -0.05) is 30.3 Å². The molecule has 3 aromatic rings. The van der Waals surface area contributed by atoms with Crippen LogP contribution in [0.2, 0.25) is 0 Å². The minimum Gasteiger partial charge on any atom is -0.505 e. The van der Waals surface area contributed by atoms with E-state index in [4.69, 9.17) is 4.74 Å². The molecule has 0 aliphatic carbocycles. The van der Waals surface area contributed by atoms with Gasteiger partial charge in [0, 0.05) is 13.2 Å². The second-order valence-electron chi connectivity index (χ2n) is 8.49. The van der Waals surface area contributed by atoms with Crippen molar-refractivity contribution < 1.29 is 19.4 Å². The molecule has 3 rings (SSSR count). The van der Waals surface area contributed by atoms with E-state index < -0.39 is 23.6 Å². The summed E-state index contributed by atoms with van der Waals surface area (Å²) >= 11 is 0. The number of urea groups is 1. The zero-order chi connectivity index (χ0) is 25.7. The van der Waals surface area contributed by atoms with Crippen molar-refractivity contribution in [2.24, 2.45) is 7.05 Å². The Morgan fingerprint density at radius 1 is 1.06 bits per heavy atom. The molecule has 0 saturated heterocycles. The van der Waals surface area contributed by atoms with E-state index >= 15 is 0 Å². The monoisotopic (exact) mass is 477 g/mol. The summed E-state index contributed by atoms with van der Waals surface area (Å²) in [7, 11) is 1.51. The van der Waals surface area contributed by atoms with Crippen molar-refractivity contribution in [2.45, 2.75) is 40.2 Å². The summed E-state index contributed by atoms with van der Waals surface area (Å²) in [5, 5.41) is 15.2. The molecule has 35 heavy (non-hydrogen) atoms. The maximum absolute atomic E-state index is 12.8. The van der Waals surface area contributed by atoms with Crippen LogP contribution in [0.5, 0.6) is 5.75 Å². The fourth-order valence-corrected chi connectivity index (χ4v) is 4.05. The van der Waals surface area contributed by atoms with Crippen LogP contribution in [-0.4, -0.2) is 28.3 Å². The summed E-state index contributed by atoms with van der Waals surface area (Å²) in [6.07, 6.45) is 1.29. The highest BCUT2D eigenvalue weighted by atomic mass is 16.5. The minimum absolute atomic E-state index is 0.102. The van der Waals surface area contributed by atoms with Gasteiger partial charge in [0.1, 0.15) is 5.75 Å². The van der Waals surface area contributed by atoms with E-state index in [1.54, 1.807) is 6.92 Å². The van der Waals surface area contributed by atoms with Crippen molar-refractivity contribution in [1.29, 1.82) is 0 Å². The number of ether oxygens (including phenoxy) is 1. The van der Waals surface area contributed by atoms with Gasteiger partial charge in [-0.25, -0.2) is 4.79 Å². The van der Waals surface area contributed by atoms with Gasteiger partial charge in [0.25, 0.3) is 5.56 Å². The number of hydrogen-bond acceptors (Lipinski definition) is 5. The molecular formula is C27H31N3O5. The van der Waals surface area contributed by atoms with Crippen LogP contribution in [-0.2, 0) is 16.6 Å². The standard InChI is InChI=1S/C27H31N3O5/c1-6-35-23(32)15-21(28-27(34)29-25-22(31)12-13-30(5)26(25)33)19-11-10-16(2)20(14-19)24-17(3)8-7-9-18(24)4/h7-14,21,31H,6,15H2,1-5H3,(H2,28,29,34)/t21-/m0/s1. The second-order valence-corrected chi connectivity index (χ2v) is 8.49. The van der Waals surface area contributed by atoms with Gasteiger partial charge in [-0.2, -0.15) is 0 Å². The smallest absolute Gasteiger partial charge is 0.319 e. The normalized spacial score (nSPS) is 11.6. The van der Waals surface area contributed by atoms with Gasteiger partial charge in [0.05, 0.1) is 19.1 Å². The highest BCUT2D eigenvalue weighted by Crippen LogP contribution is 2.33. The summed E-state index contributed by atoms with van der Waals surface area (Å²) in [6.45, 7) is 8.03. The highest BCUT2D eigenvalue weighted by molar-refractivity contribution is 5.91. The number of rotatable bonds is 7. The minimum atomic E-state index is -0.730. The number of anilines is 1. The third-order valence-corrected chi connectivity index (χ3v) is 5.88. The summed E-state index contributed by atoms with van der Waals surface area (Å²) in [6, 6.07) is 11.7. The number of carbonyl (C=O) groups excluding carboxylic acids is 2.